The minimum Gasteiger partial charge on any atom is -0.418 e. The minimum atomic E-state index is -0.743. The maximum absolute atomic E-state index is 9.17. The zero-order chi connectivity index (χ0) is 9.97. The van der Waals surface area contributed by atoms with E-state index in [1.807, 2.05) is 6.07 Å². The standard InChI is InChI=1S/C9H9N3O2/c1-6(13)8-11-12-9(14-8)7-3-2-4-10-5-7/h2-6,13H,1H3. The first-order chi connectivity index (χ1) is 6.77. The molecule has 0 aliphatic rings. The molecule has 1 unspecified atom stereocenters. The zero-order valence-electron chi connectivity index (χ0n) is 7.58. The summed E-state index contributed by atoms with van der Waals surface area (Å²) in [5, 5.41) is 16.7. The van der Waals surface area contributed by atoms with Crippen LogP contribution in [0.5, 0.6) is 0 Å². The number of nitrogens with zero attached hydrogens (tertiary/aromatic N) is 3. The van der Waals surface area contributed by atoms with Crippen LogP contribution in [0.1, 0.15) is 18.9 Å². The molecule has 0 fully saturated rings. The van der Waals surface area contributed by atoms with Gasteiger partial charge in [-0.3, -0.25) is 4.98 Å². The van der Waals surface area contributed by atoms with Crippen LogP contribution in [-0.4, -0.2) is 20.3 Å². The van der Waals surface area contributed by atoms with Crippen molar-refractivity contribution in [3.8, 4) is 11.5 Å². The predicted molar refractivity (Wildman–Crippen MR) is 48.2 cm³/mol. The number of aliphatic hydroxyl groups excluding tert-OH is 1. The van der Waals surface area contributed by atoms with Gasteiger partial charge < -0.3 is 9.52 Å². The van der Waals surface area contributed by atoms with Crippen LogP contribution in [0.3, 0.4) is 0 Å². The Balaban J connectivity index is 2.34. The van der Waals surface area contributed by atoms with Crippen LogP contribution in [0.4, 0.5) is 0 Å². The molecule has 2 aromatic rings. The highest BCUT2D eigenvalue weighted by Crippen LogP contribution is 2.18. The highest BCUT2D eigenvalue weighted by atomic mass is 16.4. The Hall–Kier alpha value is -1.75. The maximum atomic E-state index is 9.17. The number of pyridine rings is 1. The summed E-state index contributed by atoms with van der Waals surface area (Å²) in [4.78, 5) is 3.92. The van der Waals surface area contributed by atoms with Gasteiger partial charge in [0.2, 0.25) is 11.8 Å². The molecule has 0 aliphatic heterocycles. The lowest BCUT2D eigenvalue weighted by Crippen LogP contribution is -1.89. The van der Waals surface area contributed by atoms with Gasteiger partial charge in [-0.15, -0.1) is 10.2 Å². The van der Waals surface area contributed by atoms with Crippen molar-refractivity contribution in [2.75, 3.05) is 0 Å². The summed E-state index contributed by atoms with van der Waals surface area (Å²) in [6.45, 7) is 1.57. The maximum Gasteiger partial charge on any atom is 0.249 e. The largest absolute Gasteiger partial charge is 0.418 e. The molecule has 2 aromatic heterocycles. The van der Waals surface area contributed by atoms with Crippen LogP contribution in [0, 0.1) is 0 Å². The number of aliphatic hydroxyl groups is 1. The van der Waals surface area contributed by atoms with Crippen LogP contribution in [0.15, 0.2) is 28.9 Å². The smallest absolute Gasteiger partial charge is 0.249 e. The van der Waals surface area contributed by atoms with Crippen LogP contribution in [-0.2, 0) is 0 Å². The molecule has 0 aliphatic carbocycles. The molecule has 72 valence electrons. The topological polar surface area (TPSA) is 72.0 Å². The van der Waals surface area contributed by atoms with E-state index in [1.165, 1.54) is 0 Å². The quantitative estimate of drug-likeness (QED) is 0.771. The van der Waals surface area contributed by atoms with Crippen molar-refractivity contribution in [3.63, 3.8) is 0 Å². The fourth-order valence-electron chi connectivity index (χ4n) is 1.01. The number of hydrogen-bond donors (Lipinski definition) is 1. The Bertz CT molecular complexity index is 411. The van der Waals surface area contributed by atoms with Gasteiger partial charge in [0.05, 0.1) is 5.56 Å². The Morgan fingerprint density at radius 3 is 2.86 bits per heavy atom. The first-order valence-electron chi connectivity index (χ1n) is 4.19. The van der Waals surface area contributed by atoms with Crippen LogP contribution in [0.2, 0.25) is 0 Å². The van der Waals surface area contributed by atoms with Gasteiger partial charge in [-0.1, -0.05) is 0 Å². The number of rotatable bonds is 2. The molecular weight excluding hydrogens is 182 g/mol. The zero-order valence-corrected chi connectivity index (χ0v) is 7.58. The summed E-state index contributed by atoms with van der Waals surface area (Å²) in [5.74, 6) is 0.581. The third-order valence-corrected chi connectivity index (χ3v) is 1.71. The van der Waals surface area contributed by atoms with Gasteiger partial charge in [0.15, 0.2) is 0 Å². The first kappa shape index (κ1) is 8.83. The van der Waals surface area contributed by atoms with E-state index in [0.29, 0.717) is 5.89 Å². The summed E-state index contributed by atoms with van der Waals surface area (Å²) in [7, 11) is 0. The third-order valence-electron chi connectivity index (χ3n) is 1.71. The van der Waals surface area contributed by atoms with E-state index in [2.05, 4.69) is 15.2 Å². The second-order valence-corrected chi connectivity index (χ2v) is 2.86. The fraction of sp³-hybridized carbons (Fsp3) is 0.222. The number of aromatic nitrogens is 3. The van der Waals surface area contributed by atoms with Gasteiger partial charge in [-0.25, -0.2) is 0 Å². The summed E-state index contributed by atoms with van der Waals surface area (Å²) in [6.07, 6.45) is 2.54. The summed E-state index contributed by atoms with van der Waals surface area (Å²) >= 11 is 0. The molecule has 0 amide bonds. The van der Waals surface area contributed by atoms with E-state index in [9.17, 15) is 5.11 Å². The summed E-state index contributed by atoms with van der Waals surface area (Å²) in [5.41, 5.74) is 0.743. The van der Waals surface area contributed by atoms with E-state index in [-0.39, 0.29) is 5.89 Å². The fourth-order valence-corrected chi connectivity index (χ4v) is 1.01. The molecule has 5 heteroatoms. The van der Waals surface area contributed by atoms with Gasteiger partial charge in [0.1, 0.15) is 6.10 Å². The minimum absolute atomic E-state index is 0.212. The summed E-state index contributed by atoms with van der Waals surface area (Å²) < 4.78 is 5.22. The Labute approximate surface area is 80.4 Å². The molecule has 0 saturated heterocycles. The van der Waals surface area contributed by atoms with Gasteiger partial charge in [0.25, 0.3) is 0 Å². The van der Waals surface area contributed by atoms with Crippen LogP contribution < -0.4 is 0 Å². The van der Waals surface area contributed by atoms with E-state index in [4.69, 9.17) is 4.42 Å². The molecule has 14 heavy (non-hydrogen) atoms. The highest BCUT2D eigenvalue weighted by Gasteiger charge is 2.11. The number of hydrogen-bond acceptors (Lipinski definition) is 5. The molecule has 1 atom stereocenters. The van der Waals surface area contributed by atoms with Crippen molar-refractivity contribution in [2.24, 2.45) is 0 Å². The molecule has 5 nitrogen and oxygen atoms in total. The molecular formula is C9H9N3O2. The normalized spacial score (nSPS) is 12.7. The lowest BCUT2D eigenvalue weighted by atomic mass is 10.3. The van der Waals surface area contributed by atoms with Gasteiger partial charge in [0, 0.05) is 12.4 Å². The van der Waals surface area contributed by atoms with Crippen molar-refractivity contribution < 1.29 is 9.52 Å². The molecule has 2 rings (SSSR count). The van der Waals surface area contributed by atoms with Gasteiger partial charge in [-0.05, 0) is 19.1 Å². The van der Waals surface area contributed by atoms with Crippen molar-refractivity contribution in [1.29, 1.82) is 0 Å². The van der Waals surface area contributed by atoms with Crippen molar-refractivity contribution in [3.05, 3.63) is 30.4 Å². The Morgan fingerprint density at radius 1 is 1.43 bits per heavy atom. The van der Waals surface area contributed by atoms with Crippen molar-refractivity contribution in [1.82, 2.24) is 15.2 Å². The SMILES string of the molecule is CC(O)c1nnc(-c2cccnc2)o1. The molecule has 0 saturated carbocycles. The molecule has 0 bridgehead atoms. The van der Waals surface area contributed by atoms with Crippen LogP contribution >= 0.6 is 0 Å². The monoisotopic (exact) mass is 191 g/mol. The molecule has 0 aromatic carbocycles. The Kier molecular flexibility index (Phi) is 2.24. The Morgan fingerprint density at radius 2 is 2.29 bits per heavy atom. The van der Waals surface area contributed by atoms with E-state index >= 15 is 0 Å². The highest BCUT2D eigenvalue weighted by molar-refractivity contribution is 5.49. The summed E-state index contributed by atoms with van der Waals surface area (Å²) in [6, 6.07) is 3.59. The average molecular weight is 191 g/mol. The lowest BCUT2D eigenvalue weighted by Gasteiger charge is -1.94. The predicted octanol–water partition coefficient (Wildman–Crippen LogP) is 1.18. The second kappa shape index (κ2) is 3.55. The van der Waals surface area contributed by atoms with Gasteiger partial charge >= 0.3 is 0 Å². The van der Waals surface area contributed by atoms with Gasteiger partial charge in [-0.2, -0.15) is 0 Å². The van der Waals surface area contributed by atoms with Crippen LogP contribution in [0.25, 0.3) is 11.5 Å². The van der Waals surface area contributed by atoms with Crippen molar-refractivity contribution >= 4 is 0 Å². The van der Waals surface area contributed by atoms with E-state index < -0.39 is 6.10 Å². The van der Waals surface area contributed by atoms with E-state index in [1.54, 1.807) is 25.4 Å². The third kappa shape index (κ3) is 1.62. The second-order valence-electron chi connectivity index (χ2n) is 2.86. The molecule has 0 spiro atoms. The molecule has 1 N–H and O–H groups in total. The lowest BCUT2D eigenvalue weighted by molar-refractivity contribution is 0.163. The average Bonchev–Trinajstić information content (AvgIpc) is 2.68. The molecule has 2 heterocycles. The van der Waals surface area contributed by atoms with Crippen molar-refractivity contribution in [2.45, 2.75) is 13.0 Å². The van der Waals surface area contributed by atoms with E-state index in [0.717, 1.165) is 5.56 Å². The first-order valence-corrected chi connectivity index (χ1v) is 4.19. The molecule has 0 radical (unpaired) electrons.